The second-order valence-corrected chi connectivity index (χ2v) is 4.62. The maximum Gasteiger partial charge on any atom is 0.100 e. The van der Waals surface area contributed by atoms with Gasteiger partial charge in [0.2, 0.25) is 0 Å². The number of para-hydroxylation sites is 2. The van der Waals surface area contributed by atoms with Crippen molar-refractivity contribution in [3.05, 3.63) is 60.4 Å². The SMILES string of the molecule is CC[C@@H](O)c1ccc(-n2cnc3ccccc32)cc1. The normalized spacial score (nSPS) is 12.7. The van der Waals surface area contributed by atoms with Gasteiger partial charge in [-0.1, -0.05) is 31.2 Å². The maximum absolute atomic E-state index is 9.80. The molecule has 0 fully saturated rings. The number of rotatable bonds is 3. The van der Waals surface area contributed by atoms with Crippen molar-refractivity contribution < 1.29 is 5.11 Å². The molecule has 0 saturated heterocycles. The van der Waals surface area contributed by atoms with E-state index in [1.54, 1.807) is 0 Å². The third-order valence-electron chi connectivity index (χ3n) is 3.40. The third kappa shape index (κ3) is 2.13. The van der Waals surface area contributed by atoms with Crippen molar-refractivity contribution in [2.75, 3.05) is 0 Å². The van der Waals surface area contributed by atoms with Gasteiger partial charge in [0, 0.05) is 5.69 Å². The van der Waals surface area contributed by atoms with Gasteiger partial charge >= 0.3 is 0 Å². The van der Waals surface area contributed by atoms with Gasteiger partial charge in [0.25, 0.3) is 0 Å². The minimum atomic E-state index is -0.381. The Hall–Kier alpha value is -2.13. The van der Waals surface area contributed by atoms with E-state index in [2.05, 4.69) is 15.6 Å². The van der Waals surface area contributed by atoms with E-state index in [1.165, 1.54) is 0 Å². The Morgan fingerprint density at radius 1 is 1.11 bits per heavy atom. The van der Waals surface area contributed by atoms with E-state index in [0.717, 1.165) is 28.7 Å². The molecule has 0 amide bonds. The highest BCUT2D eigenvalue weighted by molar-refractivity contribution is 5.77. The van der Waals surface area contributed by atoms with Crippen molar-refractivity contribution in [2.45, 2.75) is 19.4 Å². The zero-order valence-corrected chi connectivity index (χ0v) is 10.8. The fraction of sp³-hybridized carbons (Fsp3) is 0.188. The zero-order valence-electron chi connectivity index (χ0n) is 10.8. The smallest absolute Gasteiger partial charge is 0.100 e. The van der Waals surface area contributed by atoms with E-state index in [0.29, 0.717) is 0 Å². The van der Waals surface area contributed by atoms with Crippen LogP contribution in [-0.2, 0) is 0 Å². The molecule has 0 aliphatic rings. The number of aliphatic hydroxyl groups is 1. The van der Waals surface area contributed by atoms with E-state index < -0.39 is 0 Å². The summed E-state index contributed by atoms with van der Waals surface area (Å²) in [6.07, 6.45) is 2.18. The summed E-state index contributed by atoms with van der Waals surface area (Å²) in [5.41, 5.74) is 4.09. The molecule has 0 aliphatic heterocycles. The van der Waals surface area contributed by atoms with Gasteiger partial charge in [-0.3, -0.25) is 4.57 Å². The lowest BCUT2D eigenvalue weighted by atomic mass is 10.1. The van der Waals surface area contributed by atoms with Crippen molar-refractivity contribution in [1.29, 1.82) is 0 Å². The van der Waals surface area contributed by atoms with Crippen molar-refractivity contribution in [1.82, 2.24) is 9.55 Å². The van der Waals surface area contributed by atoms with Crippen molar-refractivity contribution in [2.24, 2.45) is 0 Å². The van der Waals surface area contributed by atoms with Crippen molar-refractivity contribution >= 4 is 11.0 Å². The quantitative estimate of drug-likeness (QED) is 0.775. The van der Waals surface area contributed by atoms with Gasteiger partial charge in [-0.2, -0.15) is 0 Å². The van der Waals surface area contributed by atoms with Crippen LogP contribution in [0.1, 0.15) is 25.0 Å². The molecule has 0 bridgehead atoms. The summed E-state index contributed by atoms with van der Waals surface area (Å²) in [7, 11) is 0. The summed E-state index contributed by atoms with van der Waals surface area (Å²) in [6, 6.07) is 16.0. The first-order chi connectivity index (χ1) is 9.29. The number of nitrogens with zero attached hydrogens (tertiary/aromatic N) is 2. The first-order valence-corrected chi connectivity index (χ1v) is 6.50. The summed E-state index contributed by atoms with van der Waals surface area (Å²) < 4.78 is 2.05. The average Bonchev–Trinajstić information content (AvgIpc) is 2.90. The van der Waals surface area contributed by atoms with E-state index in [1.807, 2.05) is 55.7 Å². The molecule has 0 unspecified atom stereocenters. The Balaban J connectivity index is 2.02. The largest absolute Gasteiger partial charge is 0.388 e. The van der Waals surface area contributed by atoms with Gasteiger partial charge in [-0.25, -0.2) is 4.98 Å². The Morgan fingerprint density at radius 3 is 2.58 bits per heavy atom. The summed E-state index contributed by atoms with van der Waals surface area (Å²) in [5.74, 6) is 0. The molecule has 1 heterocycles. The Morgan fingerprint density at radius 2 is 1.84 bits per heavy atom. The number of benzene rings is 2. The molecule has 0 spiro atoms. The molecule has 1 atom stereocenters. The zero-order chi connectivity index (χ0) is 13.2. The monoisotopic (exact) mass is 252 g/mol. The van der Waals surface area contributed by atoms with Crippen LogP contribution in [0.15, 0.2) is 54.9 Å². The molecule has 3 aromatic rings. The van der Waals surface area contributed by atoms with E-state index in [9.17, 15) is 5.11 Å². The van der Waals surface area contributed by atoms with Gasteiger partial charge in [0.05, 0.1) is 17.1 Å². The van der Waals surface area contributed by atoms with E-state index in [-0.39, 0.29) is 6.10 Å². The fourth-order valence-electron chi connectivity index (χ4n) is 2.26. The minimum absolute atomic E-state index is 0.381. The van der Waals surface area contributed by atoms with Crippen LogP contribution in [0.25, 0.3) is 16.7 Å². The molecule has 19 heavy (non-hydrogen) atoms. The minimum Gasteiger partial charge on any atom is -0.388 e. The van der Waals surface area contributed by atoms with Crippen LogP contribution >= 0.6 is 0 Å². The first-order valence-electron chi connectivity index (χ1n) is 6.50. The standard InChI is InChI=1S/C16H16N2O/c1-2-16(19)12-7-9-13(10-8-12)18-11-17-14-5-3-4-6-15(14)18/h3-11,16,19H,2H2,1H3/t16-/m1/s1. The summed E-state index contributed by atoms with van der Waals surface area (Å²) in [6.45, 7) is 1.97. The van der Waals surface area contributed by atoms with Crippen LogP contribution < -0.4 is 0 Å². The fourth-order valence-corrected chi connectivity index (χ4v) is 2.26. The van der Waals surface area contributed by atoms with Crippen molar-refractivity contribution in [3.8, 4) is 5.69 Å². The Kier molecular flexibility index (Phi) is 3.05. The van der Waals surface area contributed by atoms with Gasteiger partial charge in [-0.05, 0) is 36.2 Å². The molecule has 0 aliphatic carbocycles. The second-order valence-electron chi connectivity index (χ2n) is 4.62. The predicted molar refractivity (Wildman–Crippen MR) is 76.3 cm³/mol. The highest BCUT2D eigenvalue weighted by atomic mass is 16.3. The summed E-state index contributed by atoms with van der Waals surface area (Å²) >= 11 is 0. The van der Waals surface area contributed by atoms with Gasteiger partial charge < -0.3 is 5.11 Å². The van der Waals surface area contributed by atoms with Crippen LogP contribution in [0.2, 0.25) is 0 Å². The second kappa shape index (κ2) is 4.86. The highest BCUT2D eigenvalue weighted by Gasteiger charge is 2.06. The molecule has 1 N–H and O–H groups in total. The van der Waals surface area contributed by atoms with Gasteiger partial charge in [0.1, 0.15) is 6.33 Å². The van der Waals surface area contributed by atoms with E-state index in [4.69, 9.17) is 0 Å². The highest BCUT2D eigenvalue weighted by Crippen LogP contribution is 2.21. The number of aliphatic hydroxyl groups excluding tert-OH is 1. The third-order valence-corrected chi connectivity index (χ3v) is 3.40. The topological polar surface area (TPSA) is 38.0 Å². The lowest BCUT2D eigenvalue weighted by Crippen LogP contribution is -1.97. The maximum atomic E-state index is 9.80. The number of fused-ring (bicyclic) bond motifs is 1. The lowest BCUT2D eigenvalue weighted by molar-refractivity contribution is 0.173. The summed E-state index contributed by atoms with van der Waals surface area (Å²) in [4.78, 5) is 4.38. The Labute approximate surface area is 112 Å². The molecule has 0 radical (unpaired) electrons. The first kappa shape index (κ1) is 11.9. The van der Waals surface area contributed by atoms with Gasteiger partial charge in [-0.15, -0.1) is 0 Å². The van der Waals surface area contributed by atoms with Crippen LogP contribution in [0, 0.1) is 0 Å². The van der Waals surface area contributed by atoms with Crippen LogP contribution in [0.4, 0.5) is 0 Å². The summed E-state index contributed by atoms with van der Waals surface area (Å²) in [5, 5.41) is 9.80. The Bertz CT molecular complexity index is 685. The molecular weight excluding hydrogens is 236 g/mol. The lowest BCUT2D eigenvalue weighted by Gasteiger charge is -2.09. The van der Waals surface area contributed by atoms with Gasteiger partial charge in [0.15, 0.2) is 0 Å². The molecule has 3 nitrogen and oxygen atoms in total. The average molecular weight is 252 g/mol. The molecule has 0 saturated carbocycles. The number of imidazole rings is 1. The molecule has 96 valence electrons. The van der Waals surface area contributed by atoms with Crippen LogP contribution in [0.5, 0.6) is 0 Å². The molecule has 2 aromatic carbocycles. The van der Waals surface area contributed by atoms with E-state index >= 15 is 0 Å². The molecule has 1 aromatic heterocycles. The number of hydrogen-bond acceptors (Lipinski definition) is 2. The van der Waals surface area contributed by atoms with Crippen molar-refractivity contribution in [3.63, 3.8) is 0 Å². The molecular formula is C16H16N2O. The van der Waals surface area contributed by atoms with Crippen LogP contribution in [0.3, 0.4) is 0 Å². The predicted octanol–water partition coefficient (Wildman–Crippen LogP) is 3.47. The molecule has 3 heteroatoms. The molecule has 3 rings (SSSR count). The number of hydrogen-bond donors (Lipinski definition) is 1. The number of aromatic nitrogens is 2. The van der Waals surface area contributed by atoms with Crippen LogP contribution in [-0.4, -0.2) is 14.7 Å².